The third kappa shape index (κ3) is 3.94. The van der Waals surface area contributed by atoms with Crippen molar-refractivity contribution in [1.29, 1.82) is 10.7 Å². The van der Waals surface area contributed by atoms with Crippen LogP contribution in [0.3, 0.4) is 0 Å². The molecule has 0 atom stereocenters. The summed E-state index contributed by atoms with van der Waals surface area (Å²) < 4.78 is 0. The molecule has 142 valence electrons. The Bertz CT molecular complexity index is 1020. The van der Waals surface area contributed by atoms with E-state index in [1.54, 1.807) is 26.2 Å². The predicted octanol–water partition coefficient (Wildman–Crippen LogP) is 4.30. The van der Waals surface area contributed by atoms with Gasteiger partial charge in [0.1, 0.15) is 17.1 Å². The fourth-order valence-corrected chi connectivity index (χ4v) is 2.94. The monoisotopic (exact) mass is 372 g/mol. The number of nitrogen functional groups attached to an aromatic ring is 1. The van der Waals surface area contributed by atoms with Gasteiger partial charge in [-0.3, -0.25) is 10.4 Å². The van der Waals surface area contributed by atoms with E-state index in [-0.39, 0.29) is 5.84 Å². The Morgan fingerprint density at radius 1 is 1.39 bits per heavy atom. The lowest BCUT2D eigenvalue weighted by Crippen LogP contribution is -2.34. The third-order valence-corrected chi connectivity index (χ3v) is 4.82. The average molecular weight is 372 g/mol. The van der Waals surface area contributed by atoms with Crippen LogP contribution in [0.15, 0.2) is 36.3 Å². The zero-order valence-electron chi connectivity index (χ0n) is 16.4. The first-order chi connectivity index (χ1) is 13.3. The van der Waals surface area contributed by atoms with Crippen LogP contribution in [0, 0.1) is 29.1 Å². The van der Waals surface area contributed by atoms with Gasteiger partial charge in [0.2, 0.25) is 0 Å². The highest BCUT2D eigenvalue weighted by molar-refractivity contribution is 5.89. The molecule has 0 bridgehead atoms. The van der Waals surface area contributed by atoms with Gasteiger partial charge in [0.05, 0.1) is 11.8 Å². The van der Waals surface area contributed by atoms with Crippen molar-refractivity contribution < 1.29 is 0 Å². The Hall–Kier alpha value is -3.46. The van der Waals surface area contributed by atoms with Crippen molar-refractivity contribution in [2.45, 2.75) is 33.6 Å². The zero-order chi connectivity index (χ0) is 20.3. The number of hydrogen-bond donors (Lipinski definition) is 3. The zero-order valence-corrected chi connectivity index (χ0v) is 16.4. The Kier molecular flexibility index (Phi) is 5.27. The number of hydrogen-bond acceptors (Lipinski definition) is 5. The summed E-state index contributed by atoms with van der Waals surface area (Å²) in [4.78, 5) is 8.79. The van der Waals surface area contributed by atoms with Crippen molar-refractivity contribution in [3.8, 4) is 17.3 Å². The number of aromatic nitrogens is 2. The number of anilines is 1. The van der Waals surface area contributed by atoms with Gasteiger partial charge in [0.25, 0.3) is 0 Å². The van der Waals surface area contributed by atoms with Gasteiger partial charge < -0.3 is 11.1 Å². The molecule has 0 aliphatic heterocycles. The maximum absolute atomic E-state index is 9.28. The maximum atomic E-state index is 9.28. The first-order valence-corrected chi connectivity index (χ1v) is 9.18. The topological polar surface area (TPSA) is 111 Å². The molecule has 0 saturated carbocycles. The number of pyridine rings is 2. The second-order valence-electron chi connectivity index (χ2n) is 7.43. The van der Waals surface area contributed by atoms with E-state index in [4.69, 9.17) is 11.1 Å². The van der Waals surface area contributed by atoms with E-state index in [0.29, 0.717) is 5.82 Å². The fourth-order valence-electron chi connectivity index (χ4n) is 2.94. The quantitative estimate of drug-likeness (QED) is 0.549. The van der Waals surface area contributed by atoms with Crippen molar-refractivity contribution in [2.24, 2.45) is 5.41 Å². The lowest BCUT2D eigenvalue weighted by molar-refractivity contribution is 0.659. The first kappa shape index (κ1) is 19.3. The number of allylic oxidation sites excluding steroid dienone is 2. The lowest BCUT2D eigenvalue weighted by atomic mass is 9.93. The minimum atomic E-state index is -0.878. The van der Waals surface area contributed by atoms with E-state index < -0.39 is 5.41 Å². The molecule has 2 aromatic rings. The minimum Gasteiger partial charge on any atom is -0.383 e. The first-order valence-electron chi connectivity index (χ1n) is 9.18. The summed E-state index contributed by atoms with van der Waals surface area (Å²) in [5.74, 6) is 0.634. The number of fused-ring (bicyclic) bond motifs is 1. The second kappa shape index (κ2) is 7.65. The highest BCUT2D eigenvalue weighted by atomic mass is 15.0. The molecule has 1 aliphatic carbocycles. The number of nitrogens with one attached hydrogen (secondary N) is 2. The van der Waals surface area contributed by atoms with E-state index in [0.717, 1.165) is 46.5 Å². The molecule has 2 heterocycles. The van der Waals surface area contributed by atoms with Crippen LogP contribution in [0.1, 0.15) is 43.4 Å². The van der Waals surface area contributed by atoms with Crippen LogP contribution in [0.25, 0.3) is 23.4 Å². The molecule has 0 unspecified atom stereocenters. The SMILES string of the molecule is Cc1ccncc1-c1cc2c(c(N)n1)/C=C\CC/C(NC(=N)C(C)(C)C#N)=C\2. The van der Waals surface area contributed by atoms with Gasteiger partial charge in [-0.25, -0.2) is 4.98 Å². The summed E-state index contributed by atoms with van der Waals surface area (Å²) in [6.45, 7) is 5.47. The van der Waals surface area contributed by atoms with Gasteiger partial charge in [-0.05, 0) is 62.9 Å². The molecular weight excluding hydrogens is 348 g/mol. The normalized spacial score (nSPS) is 16.6. The van der Waals surface area contributed by atoms with Crippen molar-refractivity contribution in [3.05, 3.63) is 53.0 Å². The lowest BCUT2D eigenvalue weighted by Gasteiger charge is -2.21. The number of rotatable bonds is 3. The molecule has 6 nitrogen and oxygen atoms in total. The highest BCUT2D eigenvalue weighted by Crippen LogP contribution is 2.30. The summed E-state index contributed by atoms with van der Waals surface area (Å²) in [6, 6.07) is 6.09. The summed E-state index contributed by atoms with van der Waals surface area (Å²) in [7, 11) is 0. The number of nitrogens with zero attached hydrogens (tertiary/aromatic N) is 3. The van der Waals surface area contributed by atoms with E-state index in [9.17, 15) is 5.26 Å². The predicted molar refractivity (Wildman–Crippen MR) is 113 cm³/mol. The van der Waals surface area contributed by atoms with Gasteiger partial charge in [0, 0.05) is 29.2 Å². The molecule has 0 spiro atoms. The van der Waals surface area contributed by atoms with Gasteiger partial charge in [-0.1, -0.05) is 12.2 Å². The van der Waals surface area contributed by atoms with Crippen LogP contribution in [-0.4, -0.2) is 15.8 Å². The standard InChI is InChI=1S/C22H24N6/c1-14-8-9-26-12-18(14)19-11-15-10-16(27-21(25)22(2,3)13-23)6-4-5-7-17(15)20(24)28-19/h5,7-12H,4,6H2,1-3H3,(H2,24,28)(H2,25,27)/b7-5-,16-10+. The summed E-state index contributed by atoms with van der Waals surface area (Å²) >= 11 is 0. The minimum absolute atomic E-state index is 0.178. The Morgan fingerprint density at radius 3 is 2.89 bits per heavy atom. The fraction of sp³-hybridized carbons (Fsp3) is 0.273. The van der Waals surface area contributed by atoms with Crippen LogP contribution < -0.4 is 11.1 Å². The van der Waals surface area contributed by atoms with Crippen LogP contribution in [0.4, 0.5) is 5.82 Å². The average Bonchev–Trinajstić information content (AvgIpc) is 2.64. The van der Waals surface area contributed by atoms with Gasteiger partial charge in [0.15, 0.2) is 0 Å². The molecule has 6 heteroatoms. The maximum Gasteiger partial charge on any atom is 0.131 e. The molecule has 0 fully saturated rings. The van der Waals surface area contributed by atoms with E-state index in [2.05, 4.69) is 27.4 Å². The Labute approximate surface area is 165 Å². The molecule has 28 heavy (non-hydrogen) atoms. The van der Waals surface area contributed by atoms with E-state index in [1.807, 2.05) is 31.2 Å². The third-order valence-electron chi connectivity index (χ3n) is 4.82. The van der Waals surface area contributed by atoms with Gasteiger partial charge >= 0.3 is 0 Å². The molecule has 2 aromatic heterocycles. The van der Waals surface area contributed by atoms with Crippen LogP contribution >= 0.6 is 0 Å². The smallest absolute Gasteiger partial charge is 0.131 e. The van der Waals surface area contributed by atoms with Crippen molar-refractivity contribution in [1.82, 2.24) is 15.3 Å². The highest BCUT2D eigenvalue weighted by Gasteiger charge is 2.24. The second-order valence-corrected chi connectivity index (χ2v) is 7.43. The summed E-state index contributed by atoms with van der Waals surface area (Å²) in [5.41, 5.74) is 10.8. The number of amidine groups is 1. The molecule has 1 aliphatic rings. The van der Waals surface area contributed by atoms with Gasteiger partial charge in [-0.2, -0.15) is 5.26 Å². The molecule has 0 aromatic carbocycles. The van der Waals surface area contributed by atoms with E-state index in [1.165, 1.54) is 0 Å². The Morgan fingerprint density at radius 2 is 2.18 bits per heavy atom. The Balaban J connectivity index is 2.07. The number of nitrogens with two attached hydrogens (primary N) is 1. The van der Waals surface area contributed by atoms with Crippen molar-refractivity contribution >= 4 is 23.8 Å². The molecule has 0 radical (unpaired) electrons. The van der Waals surface area contributed by atoms with Crippen LogP contribution in [0.2, 0.25) is 0 Å². The van der Waals surface area contributed by atoms with Crippen LogP contribution in [-0.2, 0) is 0 Å². The molecule has 0 amide bonds. The van der Waals surface area contributed by atoms with Crippen LogP contribution in [0.5, 0.6) is 0 Å². The van der Waals surface area contributed by atoms with E-state index >= 15 is 0 Å². The molecular formula is C22H24N6. The summed E-state index contributed by atoms with van der Waals surface area (Å²) in [6.07, 6.45) is 11.1. The largest absolute Gasteiger partial charge is 0.383 e. The number of aryl methyl sites for hydroxylation is 1. The van der Waals surface area contributed by atoms with Crippen molar-refractivity contribution in [3.63, 3.8) is 0 Å². The number of nitriles is 1. The molecule has 4 N–H and O–H groups in total. The molecule has 3 rings (SSSR count). The summed E-state index contributed by atoms with van der Waals surface area (Å²) in [5, 5.41) is 20.7. The molecule has 0 saturated heterocycles. The van der Waals surface area contributed by atoms with Crippen molar-refractivity contribution in [2.75, 3.05) is 5.73 Å². The van der Waals surface area contributed by atoms with Gasteiger partial charge in [-0.15, -0.1) is 0 Å².